The number of nitrogens with one attached hydrogen (secondary N) is 2. The maximum atomic E-state index is 12.3. The van der Waals surface area contributed by atoms with Crippen molar-refractivity contribution in [2.75, 3.05) is 38.1 Å². The van der Waals surface area contributed by atoms with Gasteiger partial charge in [-0.2, -0.15) is 0 Å². The Balaban J connectivity index is 1.32. The second-order valence-corrected chi connectivity index (χ2v) is 9.91. The van der Waals surface area contributed by atoms with E-state index in [4.69, 9.17) is 14.2 Å². The highest BCUT2D eigenvalue weighted by Crippen LogP contribution is 2.40. The lowest BCUT2D eigenvalue weighted by Crippen LogP contribution is -2.24. The van der Waals surface area contributed by atoms with Crippen LogP contribution in [-0.4, -0.2) is 51.2 Å². The monoisotopic (exact) mass is 492 g/mol. The number of carbonyl (C=O) groups is 4. The third-order valence-corrected chi connectivity index (χ3v) is 8.01. The van der Waals surface area contributed by atoms with Crippen molar-refractivity contribution in [2.45, 2.75) is 38.5 Å². The van der Waals surface area contributed by atoms with Crippen LogP contribution in [0, 0.1) is 0 Å². The van der Waals surface area contributed by atoms with Crippen LogP contribution in [0.15, 0.2) is 0 Å². The molecule has 2 amide bonds. The Labute approximate surface area is 198 Å². The average Bonchev–Trinajstić information content (AvgIpc) is 3.54. The summed E-state index contributed by atoms with van der Waals surface area (Å²) in [5.41, 5.74) is 2.68. The summed E-state index contributed by atoms with van der Waals surface area (Å²) in [6.07, 6.45) is 5.25. The molecule has 0 atom stereocenters. The maximum absolute atomic E-state index is 12.3. The molecule has 2 aliphatic rings. The summed E-state index contributed by atoms with van der Waals surface area (Å²) < 4.78 is 15.0. The third-order valence-electron chi connectivity index (χ3n) is 5.59. The molecule has 0 aromatic carbocycles. The van der Waals surface area contributed by atoms with E-state index < -0.39 is 23.8 Å². The van der Waals surface area contributed by atoms with Gasteiger partial charge in [-0.1, -0.05) is 0 Å². The molecule has 0 aliphatic heterocycles. The number of thiophene rings is 2. The molecule has 9 nitrogen and oxygen atoms in total. The number of esters is 2. The Morgan fingerprint density at radius 1 is 0.727 bits per heavy atom. The standard InChI is InChI=1S/C22H24N2O7S2/c1-29-21(27)17-11-5-3-7-13(11)32-19(17)23-15(25)9-31-10-16(26)24-20-18(22(28)30-2)12-6-4-8-14(12)33-20/h3-10H2,1-2H3,(H,23,25)(H,24,26). The number of anilines is 2. The number of rotatable bonds is 8. The number of fused-ring (bicyclic) bond motifs is 2. The van der Waals surface area contributed by atoms with E-state index in [0.717, 1.165) is 59.4 Å². The van der Waals surface area contributed by atoms with E-state index in [1.165, 1.54) is 36.9 Å². The Morgan fingerprint density at radius 3 is 1.55 bits per heavy atom. The first kappa shape index (κ1) is 23.4. The van der Waals surface area contributed by atoms with Crippen molar-refractivity contribution in [1.82, 2.24) is 0 Å². The maximum Gasteiger partial charge on any atom is 0.341 e. The molecule has 0 bridgehead atoms. The lowest BCUT2D eigenvalue weighted by atomic mass is 10.1. The molecule has 176 valence electrons. The zero-order chi connectivity index (χ0) is 23.5. The van der Waals surface area contributed by atoms with Gasteiger partial charge < -0.3 is 24.8 Å². The topological polar surface area (TPSA) is 120 Å². The van der Waals surface area contributed by atoms with Crippen molar-refractivity contribution in [3.05, 3.63) is 32.0 Å². The summed E-state index contributed by atoms with van der Waals surface area (Å²) in [6.45, 7) is -0.719. The number of methoxy groups -OCH3 is 2. The molecule has 0 spiro atoms. The van der Waals surface area contributed by atoms with Gasteiger partial charge in [0, 0.05) is 9.75 Å². The molecule has 2 aromatic rings. The zero-order valence-corrected chi connectivity index (χ0v) is 20.0. The molecule has 0 saturated heterocycles. The summed E-state index contributed by atoms with van der Waals surface area (Å²) in [7, 11) is 2.62. The number of hydrogen-bond acceptors (Lipinski definition) is 9. The quantitative estimate of drug-likeness (QED) is 0.544. The SMILES string of the molecule is COC(=O)c1c(NC(=O)COCC(=O)Nc2sc3c(c2C(=O)OC)CCC3)sc2c1CCC2. The van der Waals surface area contributed by atoms with Crippen LogP contribution >= 0.6 is 22.7 Å². The third kappa shape index (κ3) is 4.80. The van der Waals surface area contributed by atoms with E-state index in [-0.39, 0.29) is 13.2 Å². The minimum Gasteiger partial charge on any atom is -0.465 e. The molecule has 2 N–H and O–H groups in total. The first-order chi connectivity index (χ1) is 15.9. The van der Waals surface area contributed by atoms with Crippen molar-refractivity contribution in [2.24, 2.45) is 0 Å². The van der Waals surface area contributed by atoms with E-state index in [2.05, 4.69) is 10.6 Å². The Hall–Kier alpha value is -2.76. The predicted molar refractivity (Wildman–Crippen MR) is 123 cm³/mol. The summed E-state index contributed by atoms with van der Waals surface area (Å²) in [5.74, 6) is -1.90. The van der Waals surface area contributed by atoms with Crippen LogP contribution in [0.25, 0.3) is 0 Å². The van der Waals surface area contributed by atoms with Gasteiger partial charge in [-0.3, -0.25) is 9.59 Å². The Kier molecular flexibility index (Phi) is 7.11. The lowest BCUT2D eigenvalue weighted by Gasteiger charge is -2.09. The zero-order valence-electron chi connectivity index (χ0n) is 18.3. The van der Waals surface area contributed by atoms with Crippen molar-refractivity contribution in [3.63, 3.8) is 0 Å². The summed E-state index contributed by atoms with van der Waals surface area (Å²) >= 11 is 2.74. The first-order valence-corrected chi connectivity index (χ1v) is 12.2. The Bertz CT molecular complexity index is 1030. The second-order valence-electron chi connectivity index (χ2n) is 7.70. The minimum absolute atomic E-state index is 0.360. The molecule has 0 radical (unpaired) electrons. The molecule has 11 heteroatoms. The van der Waals surface area contributed by atoms with E-state index >= 15 is 0 Å². The number of aryl methyl sites for hydroxylation is 2. The van der Waals surface area contributed by atoms with Gasteiger partial charge in [0.05, 0.1) is 25.3 Å². The molecule has 0 saturated carbocycles. The fourth-order valence-corrected chi connectivity index (χ4v) is 6.77. The number of hydrogen-bond donors (Lipinski definition) is 2. The van der Waals surface area contributed by atoms with Crippen molar-refractivity contribution < 1.29 is 33.4 Å². The second kappa shape index (κ2) is 10.0. The van der Waals surface area contributed by atoms with Gasteiger partial charge in [0.2, 0.25) is 0 Å². The van der Waals surface area contributed by atoms with Gasteiger partial charge in [-0.15, -0.1) is 22.7 Å². The molecule has 4 rings (SSSR count). The average molecular weight is 493 g/mol. The summed E-state index contributed by atoms with van der Waals surface area (Å²) in [6, 6.07) is 0. The normalized spacial score (nSPS) is 13.9. The number of carbonyl (C=O) groups excluding carboxylic acids is 4. The summed E-state index contributed by atoms with van der Waals surface area (Å²) in [4.78, 5) is 51.2. The van der Waals surface area contributed by atoms with Gasteiger partial charge in [-0.05, 0) is 49.7 Å². The van der Waals surface area contributed by atoms with Gasteiger partial charge in [0.1, 0.15) is 23.2 Å². The van der Waals surface area contributed by atoms with Crippen LogP contribution in [0.3, 0.4) is 0 Å². The molecule has 0 unspecified atom stereocenters. The fourth-order valence-electron chi connectivity index (χ4n) is 4.18. The lowest BCUT2D eigenvalue weighted by molar-refractivity contribution is -0.125. The van der Waals surface area contributed by atoms with Gasteiger partial charge in [0.15, 0.2) is 0 Å². The van der Waals surface area contributed by atoms with Crippen LogP contribution in [-0.2, 0) is 49.5 Å². The van der Waals surface area contributed by atoms with E-state index in [0.29, 0.717) is 21.1 Å². The molecular weight excluding hydrogens is 468 g/mol. The molecule has 2 aromatic heterocycles. The van der Waals surface area contributed by atoms with Crippen molar-refractivity contribution >= 4 is 56.4 Å². The van der Waals surface area contributed by atoms with Crippen molar-refractivity contribution in [1.29, 1.82) is 0 Å². The molecule has 2 aliphatic carbocycles. The Morgan fingerprint density at radius 2 is 1.15 bits per heavy atom. The van der Waals surface area contributed by atoms with E-state index in [1.54, 1.807) is 0 Å². The van der Waals surface area contributed by atoms with Gasteiger partial charge in [-0.25, -0.2) is 9.59 Å². The molecule has 33 heavy (non-hydrogen) atoms. The van der Waals surface area contributed by atoms with E-state index in [9.17, 15) is 19.2 Å². The van der Waals surface area contributed by atoms with Gasteiger partial charge in [0.25, 0.3) is 11.8 Å². The molecule has 2 heterocycles. The predicted octanol–water partition coefficient (Wildman–Crippen LogP) is 2.95. The smallest absolute Gasteiger partial charge is 0.341 e. The van der Waals surface area contributed by atoms with Crippen LogP contribution in [0.1, 0.15) is 54.4 Å². The molecule has 0 fully saturated rings. The van der Waals surface area contributed by atoms with Gasteiger partial charge >= 0.3 is 11.9 Å². The highest BCUT2D eigenvalue weighted by molar-refractivity contribution is 7.17. The fraction of sp³-hybridized carbons (Fsp3) is 0.455. The van der Waals surface area contributed by atoms with Crippen LogP contribution in [0.4, 0.5) is 10.0 Å². The highest BCUT2D eigenvalue weighted by atomic mass is 32.1. The number of amides is 2. The highest BCUT2D eigenvalue weighted by Gasteiger charge is 2.29. The minimum atomic E-state index is -0.478. The van der Waals surface area contributed by atoms with Crippen LogP contribution < -0.4 is 10.6 Å². The van der Waals surface area contributed by atoms with Crippen molar-refractivity contribution in [3.8, 4) is 0 Å². The molecular formula is C22H24N2O7S2. The van der Waals surface area contributed by atoms with E-state index in [1.807, 2.05) is 0 Å². The van der Waals surface area contributed by atoms with Crippen LogP contribution in [0.2, 0.25) is 0 Å². The number of ether oxygens (including phenoxy) is 3. The first-order valence-electron chi connectivity index (χ1n) is 10.6. The largest absolute Gasteiger partial charge is 0.465 e. The summed E-state index contributed by atoms with van der Waals surface area (Å²) in [5, 5.41) is 6.29. The van der Waals surface area contributed by atoms with Crippen LogP contribution in [0.5, 0.6) is 0 Å².